The standard InChI is InChI=1S/C12H21ClO/c1-2-3-4-5-6-7-8-9-12(14)10-11-13/h10-11H,2-9H2,1H3/b11-10+. The van der Waals surface area contributed by atoms with Crippen molar-refractivity contribution in [3.63, 3.8) is 0 Å². The van der Waals surface area contributed by atoms with Gasteiger partial charge in [-0.25, -0.2) is 0 Å². The highest BCUT2D eigenvalue weighted by Gasteiger charge is 1.96. The predicted octanol–water partition coefficient (Wildman–Crippen LogP) is 4.45. The van der Waals surface area contributed by atoms with Crippen LogP contribution in [0.5, 0.6) is 0 Å². The second kappa shape index (κ2) is 10.8. The molecule has 82 valence electrons. The molecule has 1 nitrogen and oxygen atoms in total. The van der Waals surface area contributed by atoms with Gasteiger partial charge in [0.1, 0.15) is 0 Å². The van der Waals surface area contributed by atoms with E-state index in [4.69, 9.17) is 11.6 Å². The Labute approximate surface area is 92.5 Å². The first-order chi connectivity index (χ1) is 6.81. The van der Waals surface area contributed by atoms with E-state index in [1.807, 2.05) is 0 Å². The monoisotopic (exact) mass is 216 g/mol. The third kappa shape index (κ3) is 9.79. The molecule has 0 aliphatic rings. The van der Waals surface area contributed by atoms with Gasteiger partial charge in [0.15, 0.2) is 5.78 Å². The number of allylic oxidation sites excluding steroid dienone is 1. The van der Waals surface area contributed by atoms with Crippen LogP contribution in [0.3, 0.4) is 0 Å². The zero-order chi connectivity index (χ0) is 10.6. The number of rotatable bonds is 9. The van der Waals surface area contributed by atoms with Gasteiger partial charge in [-0.05, 0) is 12.5 Å². The molecule has 0 aromatic heterocycles. The molecule has 0 aliphatic heterocycles. The van der Waals surface area contributed by atoms with E-state index in [0.29, 0.717) is 6.42 Å². The van der Waals surface area contributed by atoms with Gasteiger partial charge in [0.05, 0.1) is 0 Å². The van der Waals surface area contributed by atoms with Crippen LogP contribution in [0, 0.1) is 0 Å². The summed E-state index contributed by atoms with van der Waals surface area (Å²) in [5, 5.41) is 0. The van der Waals surface area contributed by atoms with Crippen molar-refractivity contribution in [2.75, 3.05) is 0 Å². The summed E-state index contributed by atoms with van der Waals surface area (Å²) in [4.78, 5) is 11.0. The topological polar surface area (TPSA) is 17.1 Å². The van der Waals surface area contributed by atoms with E-state index < -0.39 is 0 Å². The summed E-state index contributed by atoms with van der Waals surface area (Å²) >= 11 is 5.29. The van der Waals surface area contributed by atoms with E-state index in [1.54, 1.807) is 0 Å². The second-order valence-electron chi connectivity index (χ2n) is 3.63. The van der Waals surface area contributed by atoms with Gasteiger partial charge in [0, 0.05) is 12.0 Å². The first-order valence-corrected chi connectivity index (χ1v) is 6.04. The number of carbonyl (C=O) groups is 1. The highest BCUT2D eigenvalue weighted by molar-refractivity contribution is 6.26. The maximum atomic E-state index is 11.0. The Balaban J connectivity index is 3.09. The smallest absolute Gasteiger partial charge is 0.156 e. The van der Waals surface area contributed by atoms with Crippen LogP contribution in [0.25, 0.3) is 0 Å². The quantitative estimate of drug-likeness (QED) is 0.411. The molecule has 0 heterocycles. The van der Waals surface area contributed by atoms with E-state index in [1.165, 1.54) is 50.1 Å². The van der Waals surface area contributed by atoms with Crippen LogP contribution >= 0.6 is 11.6 Å². The summed E-state index contributed by atoms with van der Waals surface area (Å²) in [5.74, 6) is 0.147. The Bertz CT molecular complexity index is 164. The molecule has 0 radical (unpaired) electrons. The number of hydrogen-bond donors (Lipinski definition) is 0. The molecule has 0 spiro atoms. The molecule has 0 aliphatic carbocycles. The highest BCUT2D eigenvalue weighted by Crippen LogP contribution is 2.08. The molecular weight excluding hydrogens is 196 g/mol. The van der Waals surface area contributed by atoms with Crippen LogP contribution < -0.4 is 0 Å². The normalized spacial score (nSPS) is 11.0. The van der Waals surface area contributed by atoms with E-state index in [0.717, 1.165) is 6.42 Å². The molecule has 0 saturated carbocycles. The number of unbranched alkanes of at least 4 members (excludes halogenated alkanes) is 6. The van der Waals surface area contributed by atoms with Crippen molar-refractivity contribution in [3.8, 4) is 0 Å². The van der Waals surface area contributed by atoms with E-state index in [2.05, 4.69) is 6.92 Å². The van der Waals surface area contributed by atoms with Crippen molar-refractivity contribution in [1.82, 2.24) is 0 Å². The zero-order valence-corrected chi connectivity index (χ0v) is 9.85. The summed E-state index contributed by atoms with van der Waals surface area (Å²) in [6.45, 7) is 2.22. The minimum absolute atomic E-state index is 0.147. The van der Waals surface area contributed by atoms with Crippen molar-refractivity contribution in [2.45, 2.75) is 58.3 Å². The highest BCUT2D eigenvalue weighted by atomic mass is 35.5. The molecule has 14 heavy (non-hydrogen) atoms. The molecule has 0 N–H and O–H groups in total. The van der Waals surface area contributed by atoms with Crippen molar-refractivity contribution in [1.29, 1.82) is 0 Å². The minimum atomic E-state index is 0.147. The van der Waals surface area contributed by atoms with Crippen molar-refractivity contribution in [3.05, 3.63) is 11.6 Å². The molecule has 0 bridgehead atoms. The molecule has 0 amide bonds. The Hall–Kier alpha value is -0.300. The zero-order valence-electron chi connectivity index (χ0n) is 9.10. The second-order valence-corrected chi connectivity index (χ2v) is 3.88. The summed E-state index contributed by atoms with van der Waals surface area (Å²) in [6.07, 6.45) is 10.8. The van der Waals surface area contributed by atoms with Crippen LogP contribution in [-0.2, 0) is 4.79 Å². The van der Waals surface area contributed by atoms with Gasteiger partial charge >= 0.3 is 0 Å². The van der Waals surface area contributed by atoms with Gasteiger partial charge in [-0.2, -0.15) is 0 Å². The maximum Gasteiger partial charge on any atom is 0.156 e. The van der Waals surface area contributed by atoms with Gasteiger partial charge in [-0.3, -0.25) is 4.79 Å². The predicted molar refractivity (Wildman–Crippen MR) is 62.6 cm³/mol. The lowest BCUT2D eigenvalue weighted by Gasteiger charge is -1.99. The number of hydrogen-bond acceptors (Lipinski definition) is 1. The van der Waals surface area contributed by atoms with Crippen LogP contribution in [0.2, 0.25) is 0 Å². The molecule has 0 saturated heterocycles. The van der Waals surface area contributed by atoms with E-state index in [9.17, 15) is 4.79 Å². The van der Waals surface area contributed by atoms with Gasteiger partial charge < -0.3 is 0 Å². The lowest BCUT2D eigenvalue weighted by molar-refractivity contribution is -0.114. The Kier molecular flexibility index (Phi) is 10.5. The van der Waals surface area contributed by atoms with E-state index in [-0.39, 0.29) is 5.78 Å². The molecule has 0 unspecified atom stereocenters. The first kappa shape index (κ1) is 13.7. The molecule has 0 aromatic carbocycles. The molecular formula is C12H21ClO. The molecule has 0 rings (SSSR count). The lowest BCUT2D eigenvalue weighted by atomic mass is 10.1. The van der Waals surface area contributed by atoms with Gasteiger partial charge in [0.2, 0.25) is 0 Å². The largest absolute Gasteiger partial charge is 0.295 e. The third-order valence-corrected chi connectivity index (χ3v) is 2.40. The van der Waals surface area contributed by atoms with Gasteiger partial charge in [-0.15, -0.1) is 0 Å². The molecule has 0 aromatic rings. The Morgan fingerprint density at radius 2 is 1.64 bits per heavy atom. The lowest BCUT2D eigenvalue weighted by Crippen LogP contribution is -1.91. The summed E-state index contributed by atoms with van der Waals surface area (Å²) in [6, 6.07) is 0. The minimum Gasteiger partial charge on any atom is -0.295 e. The van der Waals surface area contributed by atoms with Crippen molar-refractivity contribution >= 4 is 17.4 Å². The molecule has 2 heteroatoms. The maximum absolute atomic E-state index is 11.0. The summed E-state index contributed by atoms with van der Waals surface area (Å²) in [5.41, 5.74) is 1.30. The summed E-state index contributed by atoms with van der Waals surface area (Å²) < 4.78 is 0. The average Bonchev–Trinajstić information content (AvgIpc) is 2.17. The van der Waals surface area contributed by atoms with Gasteiger partial charge in [-0.1, -0.05) is 57.0 Å². The van der Waals surface area contributed by atoms with Crippen LogP contribution in [0.4, 0.5) is 0 Å². The molecule has 0 atom stereocenters. The Morgan fingerprint density at radius 3 is 2.21 bits per heavy atom. The van der Waals surface area contributed by atoms with Gasteiger partial charge in [0.25, 0.3) is 0 Å². The number of ketones is 1. The van der Waals surface area contributed by atoms with Crippen molar-refractivity contribution < 1.29 is 4.79 Å². The fraction of sp³-hybridized carbons (Fsp3) is 0.750. The number of halogens is 1. The average molecular weight is 217 g/mol. The third-order valence-electron chi connectivity index (χ3n) is 2.28. The van der Waals surface area contributed by atoms with E-state index >= 15 is 0 Å². The van der Waals surface area contributed by atoms with Crippen molar-refractivity contribution in [2.24, 2.45) is 0 Å². The number of carbonyl (C=O) groups excluding carboxylic acids is 1. The van der Waals surface area contributed by atoms with Crippen LogP contribution in [0.15, 0.2) is 11.6 Å². The first-order valence-electron chi connectivity index (χ1n) is 5.61. The fourth-order valence-corrected chi connectivity index (χ4v) is 1.55. The Morgan fingerprint density at radius 1 is 1.07 bits per heavy atom. The van der Waals surface area contributed by atoms with Crippen LogP contribution in [0.1, 0.15) is 58.3 Å². The summed E-state index contributed by atoms with van der Waals surface area (Å²) in [7, 11) is 0. The van der Waals surface area contributed by atoms with Crippen LogP contribution in [-0.4, -0.2) is 5.78 Å². The molecule has 0 fully saturated rings. The fourth-order valence-electron chi connectivity index (χ4n) is 1.41. The SMILES string of the molecule is CCCCCCCCCC(=O)/C=C/Cl.